The van der Waals surface area contributed by atoms with E-state index in [2.05, 4.69) is 42.4 Å². The molecule has 0 radical (unpaired) electrons. The molecule has 0 bridgehead atoms. The van der Waals surface area contributed by atoms with Crippen LogP contribution in [-0.2, 0) is 13.2 Å². The molecule has 0 atom stereocenters. The first-order valence-electron chi connectivity index (χ1n) is 13.4. The lowest BCUT2D eigenvalue weighted by atomic mass is 10.2. The summed E-state index contributed by atoms with van der Waals surface area (Å²) >= 11 is 0. The number of nitrogens with zero attached hydrogens (tertiary/aromatic N) is 3. The van der Waals surface area contributed by atoms with E-state index >= 15 is 0 Å². The first kappa shape index (κ1) is 26.7. The number of halogens is 1. The van der Waals surface area contributed by atoms with Gasteiger partial charge >= 0.3 is 0 Å². The van der Waals surface area contributed by atoms with Gasteiger partial charge in [-0.2, -0.15) is 0 Å². The van der Waals surface area contributed by atoms with Crippen LogP contribution in [0.15, 0.2) is 66.7 Å². The second-order valence-electron chi connectivity index (χ2n) is 9.26. The normalized spacial score (nSPS) is 11.4. The first-order valence-corrected chi connectivity index (χ1v) is 13.4. The Morgan fingerprint density at radius 2 is 1.57 bits per heavy atom. The zero-order valence-electron chi connectivity index (χ0n) is 22.3. The van der Waals surface area contributed by atoms with E-state index in [9.17, 15) is 4.39 Å². The minimum atomic E-state index is -0.243. The highest BCUT2D eigenvalue weighted by Gasteiger charge is 2.14. The molecule has 0 aliphatic heterocycles. The van der Waals surface area contributed by atoms with Crippen LogP contribution in [0, 0.1) is 5.82 Å². The fourth-order valence-electron chi connectivity index (χ4n) is 4.42. The van der Waals surface area contributed by atoms with E-state index in [4.69, 9.17) is 14.5 Å². The van der Waals surface area contributed by atoms with Crippen molar-refractivity contribution in [2.75, 3.05) is 26.2 Å². The highest BCUT2D eigenvalue weighted by molar-refractivity contribution is 5.82. The molecule has 1 heterocycles. The van der Waals surface area contributed by atoms with Crippen LogP contribution in [0.1, 0.15) is 45.6 Å². The van der Waals surface area contributed by atoms with Crippen molar-refractivity contribution in [2.45, 2.75) is 53.2 Å². The highest BCUT2D eigenvalue weighted by atomic mass is 19.1. The molecule has 4 rings (SSSR count). The molecule has 1 aromatic heterocycles. The SMILES string of the molecule is CCCCn1c(-c2ccc(OCc3ccc(F)cc3)cc2)nc2ccc(OCCCN(CC)CC)cc21. The topological polar surface area (TPSA) is 39.5 Å². The van der Waals surface area contributed by atoms with Gasteiger partial charge in [0, 0.05) is 24.7 Å². The van der Waals surface area contributed by atoms with E-state index in [1.807, 2.05) is 30.3 Å². The van der Waals surface area contributed by atoms with Crippen molar-refractivity contribution in [3.05, 3.63) is 78.1 Å². The van der Waals surface area contributed by atoms with Crippen LogP contribution in [0.4, 0.5) is 4.39 Å². The van der Waals surface area contributed by atoms with Gasteiger partial charge in [0.1, 0.15) is 29.7 Å². The number of hydrogen-bond acceptors (Lipinski definition) is 4. The molecule has 196 valence electrons. The van der Waals surface area contributed by atoms with Crippen LogP contribution in [0.2, 0.25) is 0 Å². The summed E-state index contributed by atoms with van der Waals surface area (Å²) in [6.45, 7) is 11.8. The summed E-state index contributed by atoms with van der Waals surface area (Å²) in [5.74, 6) is 2.37. The van der Waals surface area contributed by atoms with Crippen LogP contribution in [0.3, 0.4) is 0 Å². The van der Waals surface area contributed by atoms with Gasteiger partial charge in [-0.25, -0.2) is 9.37 Å². The van der Waals surface area contributed by atoms with Crippen molar-refractivity contribution >= 4 is 11.0 Å². The Morgan fingerprint density at radius 1 is 0.838 bits per heavy atom. The zero-order valence-corrected chi connectivity index (χ0v) is 22.3. The van der Waals surface area contributed by atoms with Gasteiger partial charge in [0.25, 0.3) is 0 Å². The number of aryl methyl sites for hydroxylation is 1. The van der Waals surface area contributed by atoms with Crippen molar-refractivity contribution in [3.63, 3.8) is 0 Å². The Balaban J connectivity index is 1.48. The van der Waals surface area contributed by atoms with Crippen LogP contribution >= 0.6 is 0 Å². The third-order valence-corrected chi connectivity index (χ3v) is 6.67. The average molecular weight is 504 g/mol. The van der Waals surface area contributed by atoms with Crippen molar-refractivity contribution < 1.29 is 13.9 Å². The van der Waals surface area contributed by atoms with Crippen LogP contribution < -0.4 is 9.47 Å². The van der Waals surface area contributed by atoms with Crippen molar-refractivity contribution in [1.82, 2.24) is 14.5 Å². The molecule has 5 nitrogen and oxygen atoms in total. The smallest absolute Gasteiger partial charge is 0.141 e. The number of fused-ring (bicyclic) bond motifs is 1. The molecule has 3 aromatic carbocycles. The number of benzene rings is 3. The number of hydrogen-bond donors (Lipinski definition) is 0. The maximum atomic E-state index is 13.1. The first-order chi connectivity index (χ1) is 18.1. The minimum absolute atomic E-state index is 0.243. The van der Waals surface area contributed by atoms with E-state index in [0.717, 1.165) is 84.9 Å². The van der Waals surface area contributed by atoms with E-state index < -0.39 is 0 Å². The summed E-state index contributed by atoms with van der Waals surface area (Å²) < 4.78 is 27.4. The molecule has 6 heteroatoms. The van der Waals surface area contributed by atoms with E-state index in [-0.39, 0.29) is 5.82 Å². The molecular formula is C31H38FN3O2. The van der Waals surface area contributed by atoms with Gasteiger partial charge in [0.2, 0.25) is 0 Å². The number of aromatic nitrogens is 2. The van der Waals surface area contributed by atoms with Gasteiger partial charge in [0.15, 0.2) is 0 Å². The molecular weight excluding hydrogens is 465 g/mol. The van der Waals surface area contributed by atoms with Crippen LogP contribution in [0.25, 0.3) is 22.4 Å². The molecule has 0 saturated carbocycles. The Morgan fingerprint density at radius 3 is 2.27 bits per heavy atom. The fraction of sp³-hybridized carbons (Fsp3) is 0.387. The fourth-order valence-corrected chi connectivity index (χ4v) is 4.42. The summed E-state index contributed by atoms with van der Waals surface area (Å²) in [5.41, 5.74) is 4.04. The standard InChI is InChI=1S/C31H38FN3O2/c1-4-7-20-35-30-22-28(36-21-8-19-34(5-2)6-3)17-18-29(30)33-31(35)25-11-15-27(16-12-25)37-23-24-9-13-26(32)14-10-24/h9-18,22H,4-8,19-21,23H2,1-3H3. The Bertz CT molecular complexity index is 1250. The Kier molecular flexibility index (Phi) is 9.55. The Labute approximate surface area is 219 Å². The molecule has 37 heavy (non-hydrogen) atoms. The van der Waals surface area contributed by atoms with E-state index in [0.29, 0.717) is 13.2 Å². The van der Waals surface area contributed by atoms with Gasteiger partial charge in [-0.15, -0.1) is 0 Å². The molecule has 0 N–H and O–H groups in total. The molecule has 4 aromatic rings. The van der Waals surface area contributed by atoms with Gasteiger partial charge in [-0.05, 0) is 80.0 Å². The van der Waals surface area contributed by atoms with Gasteiger partial charge in [-0.3, -0.25) is 0 Å². The van der Waals surface area contributed by atoms with Crippen LogP contribution in [-0.4, -0.2) is 40.7 Å². The third-order valence-electron chi connectivity index (χ3n) is 6.67. The minimum Gasteiger partial charge on any atom is -0.493 e. The molecule has 0 unspecified atom stereocenters. The third kappa shape index (κ3) is 7.10. The zero-order chi connectivity index (χ0) is 26.0. The van der Waals surface area contributed by atoms with Gasteiger partial charge < -0.3 is 18.9 Å². The molecule has 0 aliphatic carbocycles. The maximum Gasteiger partial charge on any atom is 0.141 e. The van der Waals surface area contributed by atoms with E-state index in [1.165, 1.54) is 12.1 Å². The predicted molar refractivity (Wildman–Crippen MR) is 149 cm³/mol. The lowest BCUT2D eigenvalue weighted by Gasteiger charge is -2.17. The second-order valence-corrected chi connectivity index (χ2v) is 9.26. The second kappa shape index (κ2) is 13.2. The highest BCUT2D eigenvalue weighted by Crippen LogP contribution is 2.29. The van der Waals surface area contributed by atoms with Crippen molar-refractivity contribution in [2.24, 2.45) is 0 Å². The summed E-state index contributed by atoms with van der Waals surface area (Å²) in [5, 5.41) is 0. The van der Waals surface area contributed by atoms with Crippen molar-refractivity contribution in [3.8, 4) is 22.9 Å². The molecule has 0 spiro atoms. The molecule has 0 aliphatic rings. The maximum absolute atomic E-state index is 13.1. The van der Waals surface area contributed by atoms with Crippen molar-refractivity contribution in [1.29, 1.82) is 0 Å². The monoisotopic (exact) mass is 503 g/mol. The van der Waals surface area contributed by atoms with Crippen LogP contribution in [0.5, 0.6) is 11.5 Å². The number of ether oxygens (including phenoxy) is 2. The number of rotatable bonds is 14. The molecule has 0 amide bonds. The summed E-state index contributed by atoms with van der Waals surface area (Å²) in [6, 6.07) is 20.6. The average Bonchev–Trinajstić information content (AvgIpc) is 3.29. The molecule has 0 saturated heterocycles. The van der Waals surface area contributed by atoms with Gasteiger partial charge in [0.05, 0.1) is 17.6 Å². The lowest BCUT2D eigenvalue weighted by Crippen LogP contribution is -2.25. The van der Waals surface area contributed by atoms with Gasteiger partial charge in [-0.1, -0.05) is 39.3 Å². The summed E-state index contributed by atoms with van der Waals surface area (Å²) in [4.78, 5) is 7.39. The quantitative estimate of drug-likeness (QED) is 0.169. The molecule has 0 fully saturated rings. The summed E-state index contributed by atoms with van der Waals surface area (Å²) in [7, 11) is 0. The van der Waals surface area contributed by atoms with E-state index in [1.54, 1.807) is 12.1 Å². The number of imidazole rings is 1. The Hall–Kier alpha value is -3.38. The predicted octanol–water partition coefficient (Wildman–Crippen LogP) is 7.33. The largest absolute Gasteiger partial charge is 0.493 e. The number of unbranched alkanes of at least 4 members (excludes halogenated alkanes) is 1. The summed E-state index contributed by atoms with van der Waals surface area (Å²) in [6.07, 6.45) is 3.19. The lowest BCUT2D eigenvalue weighted by molar-refractivity contribution is 0.249.